The van der Waals surface area contributed by atoms with Crippen LogP contribution in [0.15, 0.2) is 176 Å². The lowest BCUT2D eigenvalue weighted by molar-refractivity contribution is 0.308. The minimum Gasteiger partial charge on any atom is -0.325 e. The lowest BCUT2D eigenvalue weighted by Crippen LogP contribution is -2.65. The number of nitrogens with zero attached hydrogens (tertiary/aromatic N) is 5. The van der Waals surface area contributed by atoms with E-state index in [1.807, 2.05) is 18.2 Å². The van der Waals surface area contributed by atoms with E-state index in [0.717, 1.165) is 67.9 Å². The Morgan fingerprint density at radius 2 is 0.657 bits per heavy atom. The lowest BCUT2D eigenvalue weighted by atomic mass is 9.56. The molecule has 336 valence electrons. The quantitative estimate of drug-likeness (QED) is 0.122. The second-order valence-electron chi connectivity index (χ2n) is 18.7. The smallest absolute Gasteiger partial charge is 0.325 e. The molecule has 2 heterocycles. The van der Waals surface area contributed by atoms with Gasteiger partial charge in [0.25, 0.3) is 0 Å². The summed E-state index contributed by atoms with van der Waals surface area (Å²) in [5.41, 5.74) is 21.1. The van der Waals surface area contributed by atoms with E-state index in [1.54, 1.807) is 0 Å². The molecule has 67 heavy (non-hydrogen) atoms. The van der Waals surface area contributed by atoms with Gasteiger partial charge in [-0.25, -0.2) is 9.97 Å². The maximum absolute atomic E-state index is 5.95. The van der Waals surface area contributed by atoms with Gasteiger partial charge in [-0.3, -0.25) is 0 Å². The zero-order valence-corrected chi connectivity index (χ0v) is 41.2. The second-order valence-corrected chi connectivity index (χ2v) is 18.7. The van der Waals surface area contributed by atoms with Crippen LogP contribution in [0.25, 0.3) is 56.4 Å². The van der Waals surface area contributed by atoms with Crippen LogP contribution in [-0.2, 0) is 0 Å². The van der Waals surface area contributed by atoms with Crippen molar-refractivity contribution in [2.45, 2.75) is 88.2 Å². The Morgan fingerprint density at radius 3 is 0.925 bits per heavy atom. The number of hydrogen-bond acceptors (Lipinski definition) is 3. The van der Waals surface area contributed by atoms with Crippen molar-refractivity contribution >= 4 is 18.3 Å². The molecule has 0 aliphatic carbocycles. The Bertz CT molecular complexity index is 2840. The average molecular weight is 878 g/mol. The third-order valence-corrected chi connectivity index (χ3v) is 12.6. The largest absolute Gasteiger partial charge is 0.379 e. The van der Waals surface area contributed by atoms with Crippen molar-refractivity contribution in [3.8, 4) is 56.4 Å². The van der Waals surface area contributed by atoms with Gasteiger partial charge < -0.3 is 13.9 Å². The predicted octanol–water partition coefficient (Wildman–Crippen LogP) is 13.8. The lowest BCUT2D eigenvalue weighted by Gasteiger charge is -2.36. The first-order valence-corrected chi connectivity index (χ1v) is 23.8. The highest BCUT2D eigenvalue weighted by Gasteiger charge is 2.43. The van der Waals surface area contributed by atoms with Crippen molar-refractivity contribution in [3.63, 3.8) is 0 Å². The van der Waals surface area contributed by atoms with Gasteiger partial charge in [0.1, 0.15) is 11.4 Å². The summed E-state index contributed by atoms with van der Waals surface area (Å²) in [6, 6.07) is 62.8. The fourth-order valence-electron chi connectivity index (χ4n) is 10.2. The number of aryl methyl sites for hydroxylation is 7. The summed E-state index contributed by atoms with van der Waals surface area (Å²) in [6.07, 6.45) is 0. The summed E-state index contributed by atoms with van der Waals surface area (Å²) >= 11 is 0. The maximum atomic E-state index is 5.95. The Kier molecular flexibility index (Phi) is 14.1. The zero-order valence-electron chi connectivity index (χ0n) is 41.2. The number of aromatic nitrogens is 4. The molecule has 9 aromatic rings. The molecule has 6 heteroatoms. The Hall–Kier alpha value is -7.02. The number of rotatable bonds is 11. The Labute approximate surface area is 400 Å². The molecule has 9 rings (SSSR count). The Balaban J connectivity index is 0.000000797. The van der Waals surface area contributed by atoms with Gasteiger partial charge in [0.15, 0.2) is 0 Å². The van der Waals surface area contributed by atoms with Gasteiger partial charge in [0.05, 0.1) is 34.2 Å². The van der Waals surface area contributed by atoms with E-state index < -0.39 is 6.85 Å². The summed E-state index contributed by atoms with van der Waals surface area (Å²) in [6.45, 7) is 24.3. The van der Waals surface area contributed by atoms with Crippen molar-refractivity contribution in [1.29, 1.82) is 0 Å². The summed E-state index contributed by atoms with van der Waals surface area (Å²) in [5.74, 6) is 0. The molecule has 2 aromatic heterocycles. The highest BCUT2D eigenvalue weighted by Crippen LogP contribution is 2.38. The molecular formula is C61H64BN5. The summed E-state index contributed by atoms with van der Waals surface area (Å²) in [7, 11) is 0. The third kappa shape index (κ3) is 9.64. The SMILES string of the molecule is Cc1cc(C)c(-n2c(B(c3nc(-c4ccccc4)c(-c4ccccc4)n3-c3c(C)cc(C)cc3C)N(C(C)C)C(C)C)nc(-c3ccccc3)c2-c2ccccc2)c(C)c1.Cc1ccccc1. The van der Waals surface area contributed by atoms with Crippen LogP contribution in [-0.4, -0.2) is 42.8 Å². The van der Waals surface area contributed by atoms with Crippen LogP contribution < -0.4 is 11.4 Å². The molecule has 0 amide bonds. The molecule has 0 atom stereocenters. The molecule has 0 N–H and O–H groups in total. The first kappa shape index (κ1) is 46.5. The first-order chi connectivity index (χ1) is 32.3. The van der Waals surface area contributed by atoms with Crippen LogP contribution in [0.3, 0.4) is 0 Å². The van der Waals surface area contributed by atoms with E-state index in [9.17, 15) is 0 Å². The van der Waals surface area contributed by atoms with Crippen molar-refractivity contribution in [1.82, 2.24) is 23.9 Å². The van der Waals surface area contributed by atoms with Crippen LogP contribution in [0, 0.1) is 48.5 Å². The zero-order chi connectivity index (χ0) is 47.4. The van der Waals surface area contributed by atoms with Crippen molar-refractivity contribution < 1.29 is 0 Å². The van der Waals surface area contributed by atoms with E-state index in [0.29, 0.717) is 0 Å². The molecular weight excluding hydrogens is 814 g/mol. The highest BCUT2D eigenvalue weighted by atomic mass is 15.2. The molecule has 0 saturated heterocycles. The molecule has 5 nitrogen and oxygen atoms in total. The van der Waals surface area contributed by atoms with Crippen LogP contribution in [0.1, 0.15) is 66.6 Å². The second kappa shape index (κ2) is 20.2. The van der Waals surface area contributed by atoms with E-state index in [2.05, 4.69) is 248 Å². The minimum atomic E-state index is -0.398. The van der Waals surface area contributed by atoms with E-state index >= 15 is 0 Å². The van der Waals surface area contributed by atoms with Gasteiger partial charge in [0, 0.05) is 22.3 Å². The molecule has 0 fully saturated rings. The van der Waals surface area contributed by atoms with Crippen molar-refractivity contribution in [2.24, 2.45) is 0 Å². The summed E-state index contributed by atoms with van der Waals surface area (Å²) in [4.78, 5) is 14.5. The molecule has 0 saturated carbocycles. The monoisotopic (exact) mass is 878 g/mol. The number of imidazole rings is 2. The van der Waals surface area contributed by atoms with Crippen molar-refractivity contribution in [2.75, 3.05) is 0 Å². The van der Waals surface area contributed by atoms with Gasteiger partial charge in [-0.15, -0.1) is 0 Å². The standard InChI is InChI=1S/C54H56BN5.C7H8/c1-35(2)60(36(3)4)55(53-56-47(43-23-15-11-16-24-43)51(45-27-19-13-20-28-45)58(53)49-39(7)31-37(5)32-40(49)8)54-57-48(44-25-17-12-18-26-44)52(46-29-21-14-22-30-46)59(54)50-41(9)33-38(6)34-42(50)10;1-7-5-3-2-4-6-7/h11-36H,1-10H3;2-6H,1H3. The third-order valence-electron chi connectivity index (χ3n) is 12.6. The van der Waals surface area contributed by atoms with Gasteiger partial charge >= 0.3 is 6.85 Å². The van der Waals surface area contributed by atoms with Crippen LogP contribution in [0.4, 0.5) is 0 Å². The maximum Gasteiger partial charge on any atom is 0.379 e. The molecule has 0 bridgehead atoms. The molecule has 0 aliphatic rings. The highest BCUT2D eigenvalue weighted by molar-refractivity contribution is 6.81. The fourth-order valence-corrected chi connectivity index (χ4v) is 10.2. The van der Waals surface area contributed by atoms with Crippen LogP contribution >= 0.6 is 0 Å². The average Bonchev–Trinajstić information content (AvgIpc) is 3.89. The molecule has 0 radical (unpaired) electrons. The summed E-state index contributed by atoms with van der Waals surface area (Å²) in [5, 5.41) is 0. The summed E-state index contributed by atoms with van der Waals surface area (Å²) < 4.78 is 4.98. The van der Waals surface area contributed by atoms with Gasteiger partial charge in [0.2, 0.25) is 0 Å². The number of hydrogen-bond donors (Lipinski definition) is 0. The minimum absolute atomic E-state index is 0.131. The molecule has 0 unspecified atom stereocenters. The van der Waals surface area contributed by atoms with Crippen LogP contribution in [0.2, 0.25) is 0 Å². The van der Waals surface area contributed by atoms with E-state index in [-0.39, 0.29) is 12.1 Å². The van der Waals surface area contributed by atoms with E-state index in [1.165, 1.54) is 38.9 Å². The molecule has 0 aliphatic heterocycles. The number of benzene rings is 7. The van der Waals surface area contributed by atoms with E-state index in [4.69, 9.17) is 9.97 Å². The Morgan fingerprint density at radius 1 is 0.373 bits per heavy atom. The topological polar surface area (TPSA) is 38.9 Å². The van der Waals surface area contributed by atoms with Gasteiger partial charge in [-0.05, 0) is 82.8 Å². The molecule has 0 spiro atoms. The van der Waals surface area contributed by atoms with Gasteiger partial charge in [-0.1, -0.05) is 220 Å². The molecule has 7 aromatic carbocycles. The predicted molar refractivity (Wildman–Crippen MR) is 286 cm³/mol. The normalized spacial score (nSPS) is 11.3. The first-order valence-electron chi connectivity index (χ1n) is 23.8. The van der Waals surface area contributed by atoms with Gasteiger partial charge in [-0.2, -0.15) is 0 Å². The fraction of sp³-hybridized carbons (Fsp3) is 0.213. The van der Waals surface area contributed by atoms with Crippen LogP contribution in [0.5, 0.6) is 0 Å². The van der Waals surface area contributed by atoms with Crippen molar-refractivity contribution in [3.05, 3.63) is 215 Å².